The number of hydrogen-bond acceptors (Lipinski definition) is 4. The number of unbranched alkanes of at least 4 members (excludes halogenated alkanes) is 1. The fourth-order valence-electron chi connectivity index (χ4n) is 1.75. The number of hydrogen-bond donors (Lipinski definition) is 0. The highest BCUT2D eigenvalue weighted by Crippen LogP contribution is 2.43. The van der Waals surface area contributed by atoms with E-state index in [0.717, 1.165) is 6.42 Å². The van der Waals surface area contributed by atoms with Gasteiger partial charge >= 0.3 is 12.1 Å². The van der Waals surface area contributed by atoms with Crippen molar-refractivity contribution in [2.24, 2.45) is 0 Å². The Labute approximate surface area is 128 Å². The van der Waals surface area contributed by atoms with Crippen LogP contribution in [-0.4, -0.2) is 33.0 Å². The monoisotopic (exact) mass is 336 g/mol. The SMILES string of the molecule is CCCCOc1ccccc1-n1nnnc1C(F)(F)C(F)(F)F. The van der Waals surface area contributed by atoms with Gasteiger partial charge in [-0.1, -0.05) is 25.5 Å². The Morgan fingerprint density at radius 3 is 2.48 bits per heavy atom. The van der Waals surface area contributed by atoms with Crippen LogP contribution in [0.15, 0.2) is 24.3 Å². The van der Waals surface area contributed by atoms with Gasteiger partial charge in [0.15, 0.2) is 0 Å². The Morgan fingerprint density at radius 2 is 1.83 bits per heavy atom. The van der Waals surface area contributed by atoms with Crippen LogP contribution in [0, 0.1) is 0 Å². The standard InChI is InChI=1S/C13H13F5N4O/c1-2-3-8-23-10-7-5-4-6-9(10)22-11(19-20-21-22)12(14,15)13(16,17)18/h4-7H,2-3,8H2,1H3. The zero-order valence-electron chi connectivity index (χ0n) is 12.0. The summed E-state index contributed by atoms with van der Waals surface area (Å²) in [6.45, 7) is 2.22. The van der Waals surface area contributed by atoms with Gasteiger partial charge in [0.2, 0.25) is 5.82 Å². The summed E-state index contributed by atoms with van der Waals surface area (Å²) in [4.78, 5) is 0. The average molecular weight is 336 g/mol. The molecule has 5 nitrogen and oxygen atoms in total. The molecule has 0 saturated heterocycles. The molecule has 0 aliphatic carbocycles. The summed E-state index contributed by atoms with van der Waals surface area (Å²) in [5.74, 6) is -6.68. The van der Waals surface area contributed by atoms with Crippen molar-refractivity contribution in [2.45, 2.75) is 31.9 Å². The lowest BCUT2D eigenvalue weighted by Gasteiger charge is -2.19. The molecule has 0 unspecified atom stereocenters. The number of nitrogens with zero attached hydrogens (tertiary/aromatic N) is 4. The van der Waals surface area contributed by atoms with Crippen molar-refractivity contribution in [3.8, 4) is 11.4 Å². The third kappa shape index (κ3) is 3.40. The first kappa shape index (κ1) is 17.1. The number of rotatable bonds is 6. The van der Waals surface area contributed by atoms with Crippen LogP contribution >= 0.6 is 0 Å². The van der Waals surface area contributed by atoms with E-state index in [9.17, 15) is 22.0 Å². The van der Waals surface area contributed by atoms with Gasteiger partial charge in [-0.2, -0.15) is 26.6 Å². The van der Waals surface area contributed by atoms with Gasteiger partial charge in [0.25, 0.3) is 0 Å². The molecule has 0 fully saturated rings. The second-order valence-corrected chi connectivity index (χ2v) is 4.66. The molecule has 0 saturated carbocycles. The van der Waals surface area contributed by atoms with Crippen LogP contribution in [0.1, 0.15) is 25.6 Å². The molecule has 0 aliphatic heterocycles. The van der Waals surface area contributed by atoms with Gasteiger partial charge in [-0.25, -0.2) is 0 Å². The summed E-state index contributed by atoms with van der Waals surface area (Å²) in [7, 11) is 0. The van der Waals surface area contributed by atoms with E-state index in [1.807, 2.05) is 6.92 Å². The van der Waals surface area contributed by atoms with Gasteiger partial charge in [0.1, 0.15) is 11.4 Å². The third-order valence-corrected chi connectivity index (χ3v) is 2.96. The molecular formula is C13H13F5N4O. The fraction of sp³-hybridized carbons (Fsp3) is 0.462. The Bertz CT molecular complexity index is 656. The summed E-state index contributed by atoms with van der Waals surface area (Å²) in [5, 5.41) is 9.04. The van der Waals surface area contributed by atoms with E-state index in [0.29, 0.717) is 17.7 Å². The first-order valence-corrected chi connectivity index (χ1v) is 6.74. The second-order valence-electron chi connectivity index (χ2n) is 4.66. The van der Waals surface area contributed by atoms with Gasteiger partial charge in [0.05, 0.1) is 6.61 Å². The lowest BCUT2D eigenvalue weighted by atomic mass is 10.2. The molecule has 0 N–H and O–H groups in total. The number of halogens is 5. The molecule has 1 heterocycles. The summed E-state index contributed by atoms with van der Waals surface area (Å²) in [6.07, 6.45) is -4.27. The van der Waals surface area contributed by atoms with E-state index < -0.39 is 17.9 Å². The van der Waals surface area contributed by atoms with E-state index in [2.05, 4.69) is 15.5 Å². The molecule has 0 radical (unpaired) electrons. The molecule has 10 heteroatoms. The molecule has 0 aliphatic rings. The molecular weight excluding hydrogens is 323 g/mol. The molecule has 0 amide bonds. The van der Waals surface area contributed by atoms with Crippen LogP contribution in [-0.2, 0) is 5.92 Å². The normalized spacial score (nSPS) is 12.4. The predicted octanol–water partition coefficient (Wildman–Crippen LogP) is 3.50. The smallest absolute Gasteiger partial charge is 0.461 e. The van der Waals surface area contributed by atoms with E-state index in [-0.39, 0.29) is 11.4 Å². The van der Waals surface area contributed by atoms with Gasteiger partial charge in [0, 0.05) is 0 Å². The zero-order chi connectivity index (χ0) is 17.1. The van der Waals surface area contributed by atoms with Crippen LogP contribution in [0.4, 0.5) is 22.0 Å². The predicted molar refractivity (Wildman–Crippen MR) is 69.5 cm³/mol. The summed E-state index contributed by atoms with van der Waals surface area (Å²) in [6, 6.07) is 5.77. The summed E-state index contributed by atoms with van der Waals surface area (Å²) in [5.41, 5.74) is -0.0903. The molecule has 2 aromatic rings. The number of benzene rings is 1. The van der Waals surface area contributed by atoms with Crippen molar-refractivity contribution < 1.29 is 26.7 Å². The molecule has 0 atom stereocenters. The fourth-order valence-corrected chi connectivity index (χ4v) is 1.75. The average Bonchev–Trinajstić information content (AvgIpc) is 2.97. The topological polar surface area (TPSA) is 52.8 Å². The lowest BCUT2D eigenvalue weighted by molar-refractivity contribution is -0.293. The summed E-state index contributed by atoms with van der Waals surface area (Å²) >= 11 is 0. The Kier molecular flexibility index (Phi) is 4.81. The maximum atomic E-state index is 13.6. The Balaban J connectivity index is 2.44. The maximum absolute atomic E-state index is 13.6. The van der Waals surface area contributed by atoms with Crippen molar-refractivity contribution in [1.82, 2.24) is 20.2 Å². The lowest BCUT2D eigenvalue weighted by Crippen LogP contribution is -2.36. The van der Waals surface area contributed by atoms with E-state index in [1.165, 1.54) is 18.2 Å². The van der Waals surface area contributed by atoms with Crippen molar-refractivity contribution in [3.63, 3.8) is 0 Å². The second kappa shape index (κ2) is 6.47. The number of ether oxygens (including phenoxy) is 1. The minimum atomic E-state index is -5.81. The molecule has 0 bridgehead atoms. The van der Waals surface area contributed by atoms with Gasteiger partial charge < -0.3 is 4.74 Å². The molecule has 1 aromatic carbocycles. The molecule has 0 spiro atoms. The molecule has 2 rings (SSSR count). The number of tetrazole rings is 1. The molecule has 23 heavy (non-hydrogen) atoms. The van der Waals surface area contributed by atoms with Gasteiger partial charge in [-0.15, -0.1) is 5.10 Å². The van der Waals surface area contributed by atoms with E-state index in [4.69, 9.17) is 4.74 Å². The van der Waals surface area contributed by atoms with Crippen molar-refractivity contribution in [3.05, 3.63) is 30.1 Å². The first-order chi connectivity index (χ1) is 10.8. The zero-order valence-corrected chi connectivity index (χ0v) is 12.0. The number of para-hydroxylation sites is 2. The van der Waals surface area contributed by atoms with Crippen LogP contribution < -0.4 is 4.74 Å². The van der Waals surface area contributed by atoms with Crippen LogP contribution in [0.2, 0.25) is 0 Å². The quantitative estimate of drug-likeness (QED) is 0.598. The van der Waals surface area contributed by atoms with Crippen molar-refractivity contribution in [1.29, 1.82) is 0 Å². The Morgan fingerprint density at radius 1 is 1.13 bits per heavy atom. The highest BCUT2D eigenvalue weighted by atomic mass is 19.4. The minimum Gasteiger partial charge on any atom is -0.491 e. The highest BCUT2D eigenvalue weighted by molar-refractivity contribution is 5.46. The molecule has 126 valence electrons. The largest absolute Gasteiger partial charge is 0.491 e. The van der Waals surface area contributed by atoms with Crippen molar-refractivity contribution in [2.75, 3.05) is 6.61 Å². The van der Waals surface area contributed by atoms with Crippen LogP contribution in [0.5, 0.6) is 5.75 Å². The van der Waals surface area contributed by atoms with Gasteiger partial charge in [-0.3, -0.25) is 0 Å². The maximum Gasteiger partial charge on any atom is 0.461 e. The van der Waals surface area contributed by atoms with Gasteiger partial charge in [-0.05, 0) is 29.0 Å². The van der Waals surface area contributed by atoms with Crippen LogP contribution in [0.25, 0.3) is 5.69 Å². The minimum absolute atomic E-state index is 0.0903. The number of aromatic nitrogens is 4. The Hall–Kier alpha value is -2.26. The summed E-state index contributed by atoms with van der Waals surface area (Å²) < 4.78 is 70.5. The van der Waals surface area contributed by atoms with Crippen LogP contribution in [0.3, 0.4) is 0 Å². The molecule has 1 aromatic heterocycles. The highest BCUT2D eigenvalue weighted by Gasteiger charge is 2.62. The third-order valence-electron chi connectivity index (χ3n) is 2.96. The number of alkyl halides is 5. The van der Waals surface area contributed by atoms with Crippen molar-refractivity contribution >= 4 is 0 Å². The first-order valence-electron chi connectivity index (χ1n) is 6.74. The van der Waals surface area contributed by atoms with E-state index >= 15 is 0 Å². The van der Waals surface area contributed by atoms with E-state index in [1.54, 1.807) is 6.07 Å².